The first-order chi connectivity index (χ1) is 7.66. The maximum Gasteiger partial charge on any atom is 0.323 e. The van der Waals surface area contributed by atoms with E-state index in [1.54, 1.807) is 36.4 Å². The molecule has 1 rings (SSSR count). The summed E-state index contributed by atoms with van der Waals surface area (Å²) in [4.78, 5) is 11.1. The molecule has 2 unspecified atom stereocenters. The fraction of sp³-hybridized carbons (Fsp3) is 0.250. The van der Waals surface area contributed by atoms with E-state index in [0.717, 1.165) is 0 Å². The minimum atomic E-state index is -1.41. The Morgan fingerprint density at radius 1 is 1.44 bits per heavy atom. The topological polar surface area (TPSA) is 54.4 Å². The van der Waals surface area contributed by atoms with Crippen molar-refractivity contribution < 1.29 is 14.1 Å². The molecule has 1 aromatic rings. The highest BCUT2D eigenvalue weighted by molar-refractivity contribution is 7.86. The second kappa shape index (κ2) is 6.23. The summed E-state index contributed by atoms with van der Waals surface area (Å²) in [5.41, 5.74) is 0.581. The Hall–Kier alpha value is -1.42. The predicted octanol–water partition coefficient (Wildman–Crippen LogP) is 2.14. The van der Waals surface area contributed by atoms with Crippen molar-refractivity contribution >= 4 is 16.8 Å². The molecule has 0 aliphatic rings. The fourth-order valence-electron chi connectivity index (χ4n) is 1.35. The van der Waals surface area contributed by atoms with E-state index in [-0.39, 0.29) is 0 Å². The molecule has 2 atom stereocenters. The van der Waals surface area contributed by atoms with Gasteiger partial charge >= 0.3 is 5.97 Å². The molecule has 3 nitrogen and oxygen atoms in total. The van der Waals surface area contributed by atoms with Crippen LogP contribution in [0.2, 0.25) is 0 Å². The molecule has 0 aliphatic carbocycles. The van der Waals surface area contributed by atoms with Gasteiger partial charge in [-0.3, -0.25) is 9.00 Å². The van der Waals surface area contributed by atoms with E-state index in [1.165, 1.54) is 0 Å². The molecule has 0 amide bonds. The number of rotatable bonds is 6. The summed E-state index contributed by atoms with van der Waals surface area (Å²) in [6.45, 7) is 3.53. The Kier molecular flexibility index (Phi) is 4.92. The summed E-state index contributed by atoms with van der Waals surface area (Å²) in [6.07, 6.45) is 2.20. The molecule has 0 saturated heterocycles. The van der Waals surface area contributed by atoms with Crippen LogP contribution in [0.25, 0.3) is 0 Å². The second-order valence-electron chi connectivity index (χ2n) is 3.29. The van der Waals surface area contributed by atoms with Crippen LogP contribution in [0.5, 0.6) is 0 Å². The number of carboxylic acids is 1. The van der Waals surface area contributed by atoms with E-state index >= 15 is 0 Å². The van der Waals surface area contributed by atoms with Gasteiger partial charge in [0.2, 0.25) is 0 Å². The molecule has 0 saturated carbocycles. The average Bonchev–Trinajstić information content (AvgIpc) is 2.27. The van der Waals surface area contributed by atoms with Crippen LogP contribution in [0, 0.1) is 0 Å². The maximum atomic E-state index is 11.8. The molecule has 1 N–H and O–H groups in total. The Bertz CT molecular complexity index is 387. The van der Waals surface area contributed by atoms with Crippen LogP contribution in [0.15, 0.2) is 43.0 Å². The summed E-state index contributed by atoms with van der Waals surface area (Å²) in [5.74, 6) is -0.719. The number of carboxylic acid groups (broad SMARTS) is 1. The Labute approximate surface area is 97.3 Å². The third kappa shape index (κ3) is 3.31. The van der Waals surface area contributed by atoms with Gasteiger partial charge in [-0.25, -0.2) is 0 Å². The zero-order valence-electron chi connectivity index (χ0n) is 8.83. The van der Waals surface area contributed by atoms with E-state index in [9.17, 15) is 9.00 Å². The van der Waals surface area contributed by atoms with Gasteiger partial charge in [-0.05, 0) is 12.0 Å². The van der Waals surface area contributed by atoms with Gasteiger partial charge < -0.3 is 5.11 Å². The fourth-order valence-corrected chi connectivity index (χ4v) is 2.67. The van der Waals surface area contributed by atoms with E-state index in [0.29, 0.717) is 17.7 Å². The molecule has 86 valence electrons. The number of aliphatic carboxylic acids is 1. The van der Waals surface area contributed by atoms with Gasteiger partial charge in [-0.15, -0.1) is 6.58 Å². The van der Waals surface area contributed by atoms with Gasteiger partial charge in [-0.1, -0.05) is 36.4 Å². The third-order valence-corrected chi connectivity index (χ3v) is 3.75. The monoisotopic (exact) mass is 238 g/mol. The molecule has 1 aromatic carbocycles. The minimum absolute atomic E-state index is 0.329. The molecule has 0 heterocycles. The summed E-state index contributed by atoms with van der Waals surface area (Å²) in [6, 6.07) is 8.66. The zero-order chi connectivity index (χ0) is 12.0. The van der Waals surface area contributed by atoms with Crippen LogP contribution in [-0.4, -0.2) is 21.0 Å². The summed E-state index contributed by atoms with van der Waals surface area (Å²) >= 11 is 0. The van der Waals surface area contributed by atoms with Gasteiger partial charge in [0.1, 0.15) is 0 Å². The highest BCUT2D eigenvalue weighted by atomic mass is 32.2. The van der Waals surface area contributed by atoms with Crippen molar-refractivity contribution in [2.75, 3.05) is 5.75 Å². The van der Waals surface area contributed by atoms with Gasteiger partial charge in [0.25, 0.3) is 0 Å². The summed E-state index contributed by atoms with van der Waals surface area (Å²) in [7, 11) is -1.41. The van der Waals surface area contributed by atoms with Crippen molar-refractivity contribution in [3.05, 3.63) is 48.6 Å². The van der Waals surface area contributed by atoms with Crippen LogP contribution in [0.1, 0.15) is 17.2 Å². The first-order valence-corrected chi connectivity index (χ1v) is 6.31. The lowest BCUT2D eigenvalue weighted by Gasteiger charge is -2.11. The number of hydrogen-bond acceptors (Lipinski definition) is 2. The van der Waals surface area contributed by atoms with E-state index in [4.69, 9.17) is 5.11 Å². The van der Waals surface area contributed by atoms with Crippen LogP contribution >= 0.6 is 0 Å². The molecule has 16 heavy (non-hydrogen) atoms. The predicted molar refractivity (Wildman–Crippen MR) is 64.6 cm³/mol. The summed E-state index contributed by atoms with van der Waals surface area (Å²) < 4.78 is 11.8. The number of benzene rings is 1. The zero-order valence-corrected chi connectivity index (χ0v) is 9.65. The van der Waals surface area contributed by atoms with Crippen LogP contribution in [-0.2, 0) is 15.6 Å². The number of hydrogen-bond donors (Lipinski definition) is 1. The Morgan fingerprint density at radius 2 is 2.06 bits per heavy atom. The molecule has 0 spiro atoms. The quantitative estimate of drug-likeness (QED) is 0.772. The average molecular weight is 238 g/mol. The maximum absolute atomic E-state index is 11.8. The van der Waals surface area contributed by atoms with E-state index in [1.807, 2.05) is 0 Å². The van der Waals surface area contributed by atoms with Crippen molar-refractivity contribution in [1.29, 1.82) is 0 Å². The van der Waals surface area contributed by atoms with Crippen molar-refractivity contribution in [2.45, 2.75) is 11.7 Å². The van der Waals surface area contributed by atoms with Crippen molar-refractivity contribution in [1.82, 2.24) is 0 Å². The molecule has 0 radical (unpaired) electrons. The molecule has 0 aliphatic heterocycles. The second-order valence-corrected chi connectivity index (χ2v) is 4.93. The Morgan fingerprint density at radius 3 is 2.56 bits per heavy atom. The first-order valence-electron chi connectivity index (χ1n) is 4.92. The first kappa shape index (κ1) is 12.6. The highest BCUT2D eigenvalue weighted by Crippen LogP contribution is 2.20. The van der Waals surface area contributed by atoms with Gasteiger partial charge in [-0.2, -0.15) is 0 Å². The van der Waals surface area contributed by atoms with E-state index in [2.05, 4.69) is 6.58 Å². The SMILES string of the molecule is C=CCCS(=O)C(C(=O)O)c1ccccc1. The number of carbonyl (C=O) groups is 1. The lowest BCUT2D eigenvalue weighted by atomic mass is 10.1. The third-order valence-electron chi connectivity index (χ3n) is 2.11. The van der Waals surface area contributed by atoms with E-state index < -0.39 is 22.0 Å². The lowest BCUT2D eigenvalue weighted by Crippen LogP contribution is -2.19. The van der Waals surface area contributed by atoms with Gasteiger partial charge in [0, 0.05) is 16.6 Å². The standard InChI is InChI=1S/C12H14O3S/c1-2-3-9-16(15)11(12(13)14)10-7-5-4-6-8-10/h2,4-8,11H,1,3,9H2,(H,13,14). The van der Waals surface area contributed by atoms with Crippen molar-refractivity contribution in [3.8, 4) is 0 Å². The molecule has 0 aromatic heterocycles. The smallest absolute Gasteiger partial charge is 0.323 e. The molecule has 4 heteroatoms. The lowest BCUT2D eigenvalue weighted by molar-refractivity contribution is -0.136. The van der Waals surface area contributed by atoms with Crippen LogP contribution < -0.4 is 0 Å². The number of allylic oxidation sites excluding steroid dienone is 1. The van der Waals surface area contributed by atoms with Gasteiger partial charge in [0.15, 0.2) is 5.25 Å². The molecule has 0 fully saturated rings. The highest BCUT2D eigenvalue weighted by Gasteiger charge is 2.25. The van der Waals surface area contributed by atoms with Crippen molar-refractivity contribution in [3.63, 3.8) is 0 Å². The normalized spacial score (nSPS) is 14.0. The van der Waals surface area contributed by atoms with Crippen molar-refractivity contribution in [2.24, 2.45) is 0 Å². The molecular formula is C12H14O3S. The summed E-state index contributed by atoms with van der Waals surface area (Å²) in [5, 5.41) is 8.13. The van der Waals surface area contributed by atoms with Gasteiger partial charge in [0.05, 0.1) is 0 Å². The van der Waals surface area contributed by atoms with Crippen LogP contribution in [0.4, 0.5) is 0 Å². The molecule has 0 bridgehead atoms. The largest absolute Gasteiger partial charge is 0.480 e. The van der Waals surface area contributed by atoms with Crippen LogP contribution in [0.3, 0.4) is 0 Å². The minimum Gasteiger partial charge on any atom is -0.480 e. The Balaban J connectivity index is 2.88. The molecular weight excluding hydrogens is 224 g/mol.